The van der Waals surface area contributed by atoms with E-state index in [0.29, 0.717) is 29.4 Å². The highest BCUT2D eigenvalue weighted by molar-refractivity contribution is 6.13. The van der Waals surface area contributed by atoms with Gasteiger partial charge in [-0.05, 0) is 49.2 Å². The first-order chi connectivity index (χ1) is 15.5. The molecule has 32 heavy (non-hydrogen) atoms. The Morgan fingerprint density at radius 2 is 1.97 bits per heavy atom. The summed E-state index contributed by atoms with van der Waals surface area (Å²) >= 11 is 0. The highest BCUT2D eigenvalue weighted by Gasteiger charge is 2.27. The van der Waals surface area contributed by atoms with Gasteiger partial charge in [-0.25, -0.2) is 0 Å². The lowest BCUT2D eigenvalue weighted by Crippen LogP contribution is -2.27. The molecule has 1 aromatic heterocycles. The van der Waals surface area contributed by atoms with Gasteiger partial charge in [0.25, 0.3) is 5.56 Å². The van der Waals surface area contributed by atoms with Gasteiger partial charge in [-0.15, -0.1) is 0 Å². The van der Waals surface area contributed by atoms with Crippen molar-refractivity contribution in [1.82, 2.24) is 4.57 Å². The van der Waals surface area contributed by atoms with Gasteiger partial charge in [-0.1, -0.05) is 18.2 Å². The first-order valence-corrected chi connectivity index (χ1v) is 9.97. The van der Waals surface area contributed by atoms with Crippen LogP contribution in [0.1, 0.15) is 39.5 Å². The van der Waals surface area contributed by atoms with Crippen LogP contribution in [-0.2, 0) is 6.54 Å². The molecule has 3 aromatic rings. The van der Waals surface area contributed by atoms with E-state index in [4.69, 9.17) is 14.2 Å². The number of para-hydroxylation sites is 1. The molecule has 2 heterocycles. The van der Waals surface area contributed by atoms with Crippen molar-refractivity contribution in [3.8, 4) is 29.2 Å². The Hall–Kier alpha value is -4.25. The Morgan fingerprint density at radius 1 is 1.22 bits per heavy atom. The summed E-state index contributed by atoms with van der Waals surface area (Å²) in [6.07, 6.45) is 0. The summed E-state index contributed by atoms with van der Waals surface area (Å²) in [4.78, 5) is 26.4. The van der Waals surface area contributed by atoms with Gasteiger partial charge in [0.15, 0.2) is 11.5 Å². The van der Waals surface area contributed by atoms with Crippen LogP contribution in [-0.4, -0.2) is 28.9 Å². The Morgan fingerprint density at radius 3 is 2.72 bits per heavy atom. The van der Waals surface area contributed by atoms with E-state index in [9.17, 15) is 20.0 Å². The Balaban J connectivity index is 1.85. The quantitative estimate of drug-likeness (QED) is 0.596. The average molecular weight is 432 g/mol. The van der Waals surface area contributed by atoms with E-state index in [1.165, 1.54) is 6.92 Å². The number of nitriles is 1. The molecule has 0 unspecified atom stereocenters. The zero-order chi connectivity index (χ0) is 22.8. The molecule has 8 heteroatoms. The van der Waals surface area contributed by atoms with Crippen LogP contribution in [0.3, 0.4) is 0 Å². The molecule has 0 amide bonds. The zero-order valence-corrected chi connectivity index (χ0v) is 17.5. The van der Waals surface area contributed by atoms with Gasteiger partial charge < -0.3 is 19.3 Å². The van der Waals surface area contributed by atoms with Crippen molar-refractivity contribution in [3.63, 3.8) is 0 Å². The van der Waals surface area contributed by atoms with Crippen molar-refractivity contribution in [1.29, 1.82) is 5.26 Å². The summed E-state index contributed by atoms with van der Waals surface area (Å²) in [5, 5.41) is 20.6. The topological polar surface area (TPSA) is 111 Å². The molecule has 162 valence electrons. The van der Waals surface area contributed by atoms with Crippen molar-refractivity contribution >= 4 is 5.78 Å². The van der Waals surface area contributed by atoms with Gasteiger partial charge in [-0.2, -0.15) is 5.26 Å². The zero-order valence-electron chi connectivity index (χ0n) is 17.5. The number of hydrogen-bond donors (Lipinski definition) is 1. The number of aromatic hydroxyl groups is 1. The van der Waals surface area contributed by atoms with E-state index in [1.54, 1.807) is 49.4 Å². The van der Waals surface area contributed by atoms with Crippen LogP contribution in [0.4, 0.5) is 0 Å². The number of pyridine rings is 1. The minimum absolute atomic E-state index is 0.0658. The average Bonchev–Trinajstić information content (AvgIpc) is 3.25. The molecule has 0 spiro atoms. The monoisotopic (exact) mass is 432 g/mol. The second kappa shape index (κ2) is 8.47. The maximum atomic E-state index is 13.4. The fourth-order valence-corrected chi connectivity index (χ4v) is 3.66. The van der Waals surface area contributed by atoms with Crippen molar-refractivity contribution < 1.29 is 24.1 Å². The fraction of sp³-hybridized carbons (Fsp3) is 0.208. The first-order valence-electron chi connectivity index (χ1n) is 9.97. The first kappa shape index (κ1) is 21.0. The van der Waals surface area contributed by atoms with Crippen molar-refractivity contribution in [2.45, 2.75) is 20.4 Å². The summed E-state index contributed by atoms with van der Waals surface area (Å²) < 4.78 is 17.2. The number of hydrogen-bond acceptors (Lipinski definition) is 7. The molecule has 8 nitrogen and oxygen atoms in total. The summed E-state index contributed by atoms with van der Waals surface area (Å²) in [6, 6.07) is 13.6. The standard InChI is InChI=1S/C24H20N2O6/c1-3-30-18-7-5-4-6-16(18)22(27)21-14(2)17(11-25)23(28)26(24(21)29)12-15-8-9-19-20(10-15)32-13-31-19/h4-10,29H,3,12-13H2,1-2H3. The molecule has 2 aromatic carbocycles. The van der Waals surface area contributed by atoms with Crippen LogP contribution in [0.5, 0.6) is 23.1 Å². The number of rotatable bonds is 6. The second-order valence-electron chi connectivity index (χ2n) is 7.15. The summed E-state index contributed by atoms with van der Waals surface area (Å²) in [5.41, 5.74) is -0.0321. The van der Waals surface area contributed by atoms with E-state index in [0.717, 1.165) is 4.57 Å². The van der Waals surface area contributed by atoms with Gasteiger partial charge in [0, 0.05) is 0 Å². The molecule has 0 aliphatic carbocycles. The predicted octanol–water partition coefficient (Wildman–Crippen LogP) is 3.14. The van der Waals surface area contributed by atoms with Crippen LogP contribution < -0.4 is 19.8 Å². The summed E-state index contributed by atoms with van der Waals surface area (Å²) in [6.45, 7) is 3.65. The van der Waals surface area contributed by atoms with Crippen LogP contribution >= 0.6 is 0 Å². The number of ketones is 1. The molecule has 0 radical (unpaired) electrons. The molecule has 4 rings (SSSR count). The molecule has 1 aliphatic heterocycles. The predicted molar refractivity (Wildman–Crippen MR) is 115 cm³/mol. The molecule has 0 fully saturated rings. The van der Waals surface area contributed by atoms with Crippen LogP contribution in [0.15, 0.2) is 47.3 Å². The molecule has 1 N–H and O–H groups in total. The maximum absolute atomic E-state index is 13.4. The van der Waals surface area contributed by atoms with Crippen molar-refractivity contribution in [3.05, 3.63) is 80.6 Å². The lowest BCUT2D eigenvalue weighted by Gasteiger charge is -2.17. The Bertz CT molecular complexity index is 1320. The number of nitrogens with zero attached hydrogens (tertiary/aromatic N) is 2. The van der Waals surface area contributed by atoms with Gasteiger partial charge in [0.1, 0.15) is 17.4 Å². The SMILES string of the molecule is CCOc1ccccc1C(=O)c1c(C)c(C#N)c(=O)n(Cc2ccc3c(c2)OCO3)c1O. The third kappa shape index (κ3) is 3.54. The molecular formula is C24H20N2O6. The number of carbonyl (C=O) groups excluding carboxylic acids is 1. The van der Waals surface area contributed by atoms with E-state index in [1.807, 2.05) is 6.07 Å². The normalized spacial score (nSPS) is 11.8. The van der Waals surface area contributed by atoms with Gasteiger partial charge in [-0.3, -0.25) is 14.2 Å². The van der Waals surface area contributed by atoms with Crippen LogP contribution in [0.2, 0.25) is 0 Å². The lowest BCUT2D eigenvalue weighted by molar-refractivity contribution is 0.103. The van der Waals surface area contributed by atoms with Crippen molar-refractivity contribution in [2.75, 3.05) is 13.4 Å². The maximum Gasteiger partial charge on any atom is 0.271 e. The van der Waals surface area contributed by atoms with E-state index >= 15 is 0 Å². The Labute approximate surface area is 183 Å². The summed E-state index contributed by atoms with van der Waals surface area (Å²) in [5.74, 6) is 0.395. The number of fused-ring (bicyclic) bond motifs is 1. The Kier molecular flexibility index (Phi) is 5.56. The van der Waals surface area contributed by atoms with Gasteiger partial charge in [0.05, 0.1) is 24.3 Å². The van der Waals surface area contributed by atoms with Crippen LogP contribution in [0.25, 0.3) is 0 Å². The van der Waals surface area contributed by atoms with E-state index < -0.39 is 17.2 Å². The van der Waals surface area contributed by atoms with E-state index in [-0.39, 0.29) is 35.6 Å². The van der Waals surface area contributed by atoms with Crippen molar-refractivity contribution in [2.24, 2.45) is 0 Å². The third-order valence-electron chi connectivity index (χ3n) is 5.24. The summed E-state index contributed by atoms with van der Waals surface area (Å²) in [7, 11) is 0. The molecule has 0 saturated heterocycles. The van der Waals surface area contributed by atoms with Gasteiger partial charge >= 0.3 is 0 Å². The molecule has 0 bridgehead atoms. The number of aromatic nitrogens is 1. The highest BCUT2D eigenvalue weighted by atomic mass is 16.7. The molecule has 0 saturated carbocycles. The largest absolute Gasteiger partial charge is 0.494 e. The minimum atomic E-state index is -0.685. The van der Waals surface area contributed by atoms with Gasteiger partial charge in [0.2, 0.25) is 18.5 Å². The molecule has 0 atom stereocenters. The molecular weight excluding hydrogens is 412 g/mol. The molecule has 1 aliphatic rings. The number of carbonyl (C=O) groups is 1. The van der Waals surface area contributed by atoms with E-state index in [2.05, 4.69) is 0 Å². The van der Waals surface area contributed by atoms with Crippen LogP contribution in [0, 0.1) is 18.3 Å². The lowest BCUT2D eigenvalue weighted by atomic mass is 9.96. The number of benzene rings is 2. The highest BCUT2D eigenvalue weighted by Crippen LogP contribution is 2.34. The number of ether oxygens (including phenoxy) is 3. The minimum Gasteiger partial charge on any atom is -0.494 e. The third-order valence-corrected chi connectivity index (χ3v) is 5.24. The second-order valence-corrected chi connectivity index (χ2v) is 7.15. The fourth-order valence-electron chi connectivity index (χ4n) is 3.66. The smallest absolute Gasteiger partial charge is 0.271 e.